The normalized spacial score (nSPS) is 14.4. The Balaban J connectivity index is 1.69. The fourth-order valence-corrected chi connectivity index (χ4v) is 4.45. The second kappa shape index (κ2) is 10.2. The Hall–Kier alpha value is -4.99. The maximum absolute atomic E-state index is 13.8. The second-order valence-electron chi connectivity index (χ2n) is 8.59. The number of nitrogens with zero attached hydrogens (tertiary/aromatic N) is 3. The van der Waals surface area contributed by atoms with Gasteiger partial charge in [-0.25, -0.2) is 4.68 Å². The molecule has 1 amide bonds. The molecule has 0 radical (unpaired) electrons. The standard InChI is InChI=1S/C28H27N5O5/c1-16-24(27(35)30-18-8-6-5-7-9-18)25(20-14-22(37-3)23(38-4)15-21(20)36-2)33-28(29-16)31-26(32-33)17-10-12-19(34)13-11-17/h5-15,25,34H,1-4H3,(H,30,35)(H,29,31,32). The summed E-state index contributed by atoms with van der Waals surface area (Å²) >= 11 is 0. The molecule has 38 heavy (non-hydrogen) atoms. The van der Waals surface area contributed by atoms with Gasteiger partial charge in [-0.1, -0.05) is 18.2 Å². The Morgan fingerprint density at radius 2 is 1.61 bits per heavy atom. The lowest BCUT2D eigenvalue weighted by molar-refractivity contribution is -0.113. The molecule has 2 heterocycles. The number of fused-ring (bicyclic) bond motifs is 1. The number of ether oxygens (including phenoxy) is 3. The third-order valence-corrected chi connectivity index (χ3v) is 6.28. The first kappa shape index (κ1) is 24.7. The summed E-state index contributed by atoms with van der Waals surface area (Å²) in [4.78, 5) is 18.5. The number of carbonyl (C=O) groups is 1. The number of nitrogens with one attached hydrogen (secondary N) is 2. The molecule has 3 N–H and O–H groups in total. The summed E-state index contributed by atoms with van der Waals surface area (Å²) < 4.78 is 18.4. The van der Waals surface area contributed by atoms with E-state index >= 15 is 0 Å². The highest BCUT2D eigenvalue weighted by atomic mass is 16.5. The van der Waals surface area contributed by atoms with Crippen molar-refractivity contribution >= 4 is 17.5 Å². The lowest BCUT2D eigenvalue weighted by Gasteiger charge is -2.30. The van der Waals surface area contributed by atoms with Gasteiger partial charge in [0.05, 0.1) is 26.9 Å². The van der Waals surface area contributed by atoms with Crippen molar-refractivity contribution in [2.75, 3.05) is 32.0 Å². The highest BCUT2D eigenvalue weighted by molar-refractivity contribution is 6.06. The van der Waals surface area contributed by atoms with E-state index in [2.05, 4.69) is 15.6 Å². The topological polar surface area (TPSA) is 120 Å². The number of aromatic nitrogens is 3. The van der Waals surface area contributed by atoms with Crippen LogP contribution in [-0.4, -0.2) is 47.1 Å². The Morgan fingerprint density at radius 1 is 0.947 bits per heavy atom. The number of para-hydroxylation sites is 1. The Labute approximate surface area is 219 Å². The minimum Gasteiger partial charge on any atom is -0.508 e. The van der Waals surface area contributed by atoms with Crippen LogP contribution < -0.4 is 24.8 Å². The smallest absolute Gasteiger partial charge is 0.255 e. The van der Waals surface area contributed by atoms with Crippen LogP contribution in [0.3, 0.4) is 0 Å². The summed E-state index contributed by atoms with van der Waals surface area (Å²) in [5, 5.41) is 20.7. The minimum absolute atomic E-state index is 0.140. The average molecular weight is 514 g/mol. The SMILES string of the molecule is COc1cc(OC)c(C2C(C(=O)Nc3ccccc3)=C(C)Nc3nc(-c4ccc(O)cc4)nn32)cc1OC. The van der Waals surface area contributed by atoms with Gasteiger partial charge < -0.3 is 30.0 Å². The molecule has 0 saturated carbocycles. The molecule has 1 aliphatic rings. The van der Waals surface area contributed by atoms with Crippen LogP contribution in [0.5, 0.6) is 23.0 Å². The first-order valence-corrected chi connectivity index (χ1v) is 11.8. The number of anilines is 2. The molecule has 0 bridgehead atoms. The number of allylic oxidation sites excluding steroid dienone is 1. The zero-order valence-corrected chi connectivity index (χ0v) is 21.4. The van der Waals surface area contributed by atoms with Crippen LogP contribution in [-0.2, 0) is 4.79 Å². The number of hydrogen-bond donors (Lipinski definition) is 3. The van der Waals surface area contributed by atoms with Crippen LogP contribution in [0.15, 0.2) is 78.0 Å². The molecule has 0 aliphatic carbocycles. The third kappa shape index (κ3) is 4.47. The lowest BCUT2D eigenvalue weighted by atomic mass is 9.93. The number of benzene rings is 3. The molecule has 1 unspecified atom stereocenters. The first-order valence-electron chi connectivity index (χ1n) is 11.8. The van der Waals surface area contributed by atoms with E-state index in [0.29, 0.717) is 57.1 Å². The van der Waals surface area contributed by atoms with E-state index in [1.54, 1.807) is 62.4 Å². The highest BCUT2D eigenvalue weighted by Gasteiger charge is 2.37. The number of hydrogen-bond acceptors (Lipinski definition) is 8. The monoisotopic (exact) mass is 513 g/mol. The maximum Gasteiger partial charge on any atom is 0.255 e. The average Bonchev–Trinajstić information content (AvgIpc) is 3.35. The maximum atomic E-state index is 13.8. The molecule has 5 rings (SSSR count). The number of phenols is 1. The molecule has 0 fully saturated rings. The van der Waals surface area contributed by atoms with Gasteiger partial charge in [0.25, 0.3) is 5.91 Å². The molecule has 0 spiro atoms. The number of amides is 1. The van der Waals surface area contributed by atoms with Crippen molar-refractivity contribution in [1.82, 2.24) is 14.8 Å². The first-order chi connectivity index (χ1) is 18.4. The van der Waals surface area contributed by atoms with E-state index in [1.165, 1.54) is 0 Å². The van der Waals surface area contributed by atoms with E-state index in [-0.39, 0.29) is 11.7 Å². The number of rotatable bonds is 7. The van der Waals surface area contributed by atoms with Crippen LogP contribution in [0, 0.1) is 0 Å². The Morgan fingerprint density at radius 3 is 2.26 bits per heavy atom. The zero-order chi connectivity index (χ0) is 26.8. The van der Waals surface area contributed by atoms with Crippen molar-refractivity contribution in [2.45, 2.75) is 13.0 Å². The van der Waals surface area contributed by atoms with Gasteiger partial charge in [-0.3, -0.25) is 4.79 Å². The molecule has 0 saturated heterocycles. The summed E-state index contributed by atoms with van der Waals surface area (Å²) in [6, 6.07) is 18.6. The largest absolute Gasteiger partial charge is 0.508 e. The van der Waals surface area contributed by atoms with Crippen LogP contribution in [0.25, 0.3) is 11.4 Å². The summed E-state index contributed by atoms with van der Waals surface area (Å²) in [5.74, 6) is 2.15. The number of carbonyl (C=O) groups excluding carboxylic acids is 1. The number of phenolic OH excluding ortho intramolecular Hbond substituents is 1. The van der Waals surface area contributed by atoms with Gasteiger partial charge in [-0.05, 0) is 49.4 Å². The molecular weight excluding hydrogens is 486 g/mol. The van der Waals surface area contributed by atoms with E-state index in [9.17, 15) is 9.90 Å². The van der Waals surface area contributed by atoms with E-state index in [0.717, 1.165) is 0 Å². The van der Waals surface area contributed by atoms with Crippen molar-refractivity contribution < 1.29 is 24.1 Å². The third-order valence-electron chi connectivity index (χ3n) is 6.28. The molecule has 1 aliphatic heterocycles. The fraction of sp³-hybridized carbons (Fsp3) is 0.179. The van der Waals surface area contributed by atoms with Crippen molar-refractivity contribution in [1.29, 1.82) is 0 Å². The molecule has 1 atom stereocenters. The summed E-state index contributed by atoms with van der Waals surface area (Å²) in [7, 11) is 4.64. The number of methoxy groups -OCH3 is 3. The molecular formula is C28H27N5O5. The second-order valence-corrected chi connectivity index (χ2v) is 8.59. The molecule has 4 aromatic rings. The molecule has 10 heteroatoms. The van der Waals surface area contributed by atoms with E-state index in [1.807, 2.05) is 37.3 Å². The van der Waals surface area contributed by atoms with Gasteiger partial charge in [0.15, 0.2) is 17.3 Å². The summed E-state index contributed by atoms with van der Waals surface area (Å²) in [5.41, 5.74) is 3.03. The molecule has 194 valence electrons. The van der Waals surface area contributed by atoms with Crippen LogP contribution in [0.1, 0.15) is 18.5 Å². The van der Waals surface area contributed by atoms with Gasteiger partial charge in [-0.2, -0.15) is 4.98 Å². The van der Waals surface area contributed by atoms with Crippen molar-refractivity contribution in [2.24, 2.45) is 0 Å². The highest BCUT2D eigenvalue weighted by Crippen LogP contribution is 2.44. The lowest BCUT2D eigenvalue weighted by Crippen LogP contribution is -2.31. The van der Waals surface area contributed by atoms with Crippen molar-refractivity contribution in [3.05, 3.63) is 83.6 Å². The quantitative estimate of drug-likeness (QED) is 0.328. The Bertz CT molecular complexity index is 1510. The van der Waals surface area contributed by atoms with Crippen molar-refractivity contribution in [3.8, 4) is 34.4 Å². The van der Waals surface area contributed by atoms with Gasteiger partial charge in [0.1, 0.15) is 17.5 Å². The number of aromatic hydroxyl groups is 1. The predicted molar refractivity (Wildman–Crippen MR) is 143 cm³/mol. The predicted octanol–water partition coefficient (Wildman–Crippen LogP) is 4.60. The minimum atomic E-state index is -0.719. The summed E-state index contributed by atoms with van der Waals surface area (Å²) in [6.07, 6.45) is 0. The molecule has 1 aromatic heterocycles. The van der Waals surface area contributed by atoms with E-state index in [4.69, 9.17) is 19.3 Å². The van der Waals surface area contributed by atoms with Crippen LogP contribution in [0.4, 0.5) is 11.6 Å². The fourth-order valence-electron chi connectivity index (χ4n) is 4.45. The van der Waals surface area contributed by atoms with Gasteiger partial charge >= 0.3 is 0 Å². The Kier molecular flexibility index (Phi) is 6.61. The van der Waals surface area contributed by atoms with E-state index < -0.39 is 6.04 Å². The van der Waals surface area contributed by atoms with Gasteiger partial charge in [0.2, 0.25) is 5.95 Å². The van der Waals surface area contributed by atoms with Gasteiger partial charge in [0, 0.05) is 28.6 Å². The molecule has 3 aromatic carbocycles. The van der Waals surface area contributed by atoms with Crippen molar-refractivity contribution in [3.63, 3.8) is 0 Å². The molecule has 10 nitrogen and oxygen atoms in total. The summed E-state index contributed by atoms with van der Waals surface area (Å²) in [6.45, 7) is 1.82. The van der Waals surface area contributed by atoms with Gasteiger partial charge in [-0.15, -0.1) is 5.10 Å². The van der Waals surface area contributed by atoms with Crippen LogP contribution >= 0.6 is 0 Å². The zero-order valence-electron chi connectivity index (χ0n) is 21.4. The van der Waals surface area contributed by atoms with Crippen LogP contribution in [0.2, 0.25) is 0 Å².